The van der Waals surface area contributed by atoms with Crippen molar-refractivity contribution in [2.75, 3.05) is 0 Å². The summed E-state index contributed by atoms with van der Waals surface area (Å²) in [5.74, 6) is -0.966. The van der Waals surface area contributed by atoms with E-state index in [2.05, 4.69) is 0 Å². The van der Waals surface area contributed by atoms with Crippen molar-refractivity contribution < 1.29 is 24.9 Å². The highest BCUT2D eigenvalue weighted by Crippen LogP contribution is 2.27. The van der Waals surface area contributed by atoms with Gasteiger partial charge in [-0.15, -0.1) is 0 Å². The number of hydrogen-bond donors (Lipinski definition) is 3. The number of hydrogen-bond acceptors (Lipinski definition) is 4. The molecule has 2 rings (SSSR count). The lowest BCUT2D eigenvalue weighted by atomic mass is 10.1. The van der Waals surface area contributed by atoms with Gasteiger partial charge in [0.1, 0.15) is 12.4 Å². The molecule has 2 aromatic rings. The molecule has 0 saturated heterocycles. The molecule has 5 heteroatoms. The number of carboxylic acids is 1. The summed E-state index contributed by atoms with van der Waals surface area (Å²) in [4.78, 5) is 10.7. The summed E-state index contributed by atoms with van der Waals surface area (Å²) in [7, 11) is 0. The second-order valence-corrected chi connectivity index (χ2v) is 3.91. The van der Waals surface area contributed by atoms with E-state index >= 15 is 0 Å². The maximum Gasteiger partial charge on any atom is 0.335 e. The molecule has 0 bridgehead atoms. The minimum Gasteiger partial charge on any atom is -0.508 e. The molecule has 0 aromatic heterocycles. The van der Waals surface area contributed by atoms with Crippen LogP contribution in [0, 0.1) is 0 Å². The van der Waals surface area contributed by atoms with Crippen LogP contribution < -0.4 is 4.74 Å². The maximum absolute atomic E-state index is 10.7. The van der Waals surface area contributed by atoms with Gasteiger partial charge in [0.25, 0.3) is 0 Å². The largest absolute Gasteiger partial charge is 0.508 e. The first kappa shape index (κ1) is 12.8. The van der Waals surface area contributed by atoms with Crippen LogP contribution in [-0.2, 0) is 6.61 Å². The lowest BCUT2D eigenvalue weighted by molar-refractivity contribution is 0.0696. The molecular formula is C14H12O5. The topological polar surface area (TPSA) is 87.0 Å². The number of carboxylic acid groups (broad SMARTS) is 1. The first-order valence-electron chi connectivity index (χ1n) is 5.54. The van der Waals surface area contributed by atoms with E-state index < -0.39 is 5.97 Å². The quantitative estimate of drug-likeness (QED) is 0.785. The zero-order valence-corrected chi connectivity index (χ0v) is 9.91. The number of ether oxygens (including phenoxy) is 1. The van der Waals surface area contributed by atoms with Gasteiger partial charge in [-0.3, -0.25) is 0 Å². The van der Waals surface area contributed by atoms with Crippen LogP contribution in [0.2, 0.25) is 0 Å². The SMILES string of the molecule is O=C(O)c1ccc(COc2ccccc2O)c(O)c1. The third-order valence-electron chi connectivity index (χ3n) is 2.58. The average molecular weight is 260 g/mol. The van der Waals surface area contributed by atoms with Gasteiger partial charge in [0.15, 0.2) is 11.5 Å². The third-order valence-corrected chi connectivity index (χ3v) is 2.58. The Bertz CT molecular complexity index is 607. The molecule has 2 aromatic carbocycles. The van der Waals surface area contributed by atoms with E-state index in [1.807, 2.05) is 0 Å². The number of aromatic hydroxyl groups is 2. The Labute approximate surface area is 109 Å². The van der Waals surface area contributed by atoms with Crippen LogP contribution in [-0.4, -0.2) is 21.3 Å². The van der Waals surface area contributed by atoms with Crippen LogP contribution in [0.4, 0.5) is 0 Å². The summed E-state index contributed by atoms with van der Waals surface area (Å²) in [5, 5.41) is 28.0. The molecule has 98 valence electrons. The average Bonchev–Trinajstić information content (AvgIpc) is 2.39. The van der Waals surface area contributed by atoms with Crippen molar-refractivity contribution in [3.63, 3.8) is 0 Å². The fourth-order valence-corrected chi connectivity index (χ4v) is 1.55. The number of rotatable bonds is 4. The summed E-state index contributed by atoms with van der Waals surface area (Å²) >= 11 is 0. The fourth-order valence-electron chi connectivity index (χ4n) is 1.55. The molecule has 0 fully saturated rings. The Morgan fingerprint density at radius 2 is 1.79 bits per heavy atom. The summed E-state index contributed by atoms with van der Waals surface area (Å²) in [6.45, 7) is 0.0311. The Balaban J connectivity index is 2.12. The monoisotopic (exact) mass is 260 g/mol. The first-order chi connectivity index (χ1) is 9.08. The smallest absolute Gasteiger partial charge is 0.335 e. The first-order valence-corrected chi connectivity index (χ1v) is 5.54. The van der Waals surface area contributed by atoms with Crippen LogP contribution in [0.15, 0.2) is 42.5 Å². The molecule has 5 nitrogen and oxygen atoms in total. The number of phenolic OH excluding ortho intramolecular Hbond substituents is 2. The minimum atomic E-state index is -1.11. The molecule has 0 unspecified atom stereocenters. The summed E-state index contributed by atoms with van der Waals surface area (Å²) in [6.07, 6.45) is 0. The molecule has 0 aliphatic rings. The number of aromatic carboxylic acids is 1. The van der Waals surface area contributed by atoms with E-state index in [4.69, 9.17) is 9.84 Å². The molecule has 3 N–H and O–H groups in total. The standard InChI is InChI=1S/C14H12O5/c15-11-3-1-2-4-13(11)19-8-10-6-5-9(14(17)18)7-12(10)16/h1-7,15-16H,8H2,(H,17,18). The second-order valence-electron chi connectivity index (χ2n) is 3.91. The van der Waals surface area contributed by atoms with Gasteiger partial charge in [-0.1, -0.05) is 18.2 Å². The molecule has 19 heavy (non-hydrogen) atoms. The van der Waals surface area contributed by atoms with Gasteiger partial charge in [0, 0.05) is 5.56 Å². The summed E-state index contributed by atoms with van der Waals surface area (Å²) in [5.41, 5.74) is 0.442. The van der Waals surface area contributed by atoms with Crippen molar-refractivity contribution in [3.8, 4) is 17.2 Å². The number of para-hydroxylation sites is 2. The Morgan fingerprint density at radius 3 is 2.42 bits per heavy atom. The zero-order valence-electron chi connectivity index (χ0n) is 9.91. The highest BCUT2D eigenvalue weighted by molar-refractivity contribution is 5.88. The van der Waals surface area contributed by atoms with Crippen molar-refractivity contribution in [2.24, 2.45) is 0 Å². The predicted octanol–water partition coefficient (Wildman–Crippen LogP) is 2.38. The highest BCUT2D eigenvalue weighted by Gasteiger charge is 2.09. The van der Waals surface area contributed by atoms with E-state index in [1.165, 1.54) is 18.2 Å². The number of phenols is 2. The van der Waals surface area contributed by atoms with Gasteiger partial charge in [-0.05, 0) is 24.3 Å². The van der Waals surface area contributed by atoms with Crippen LogP contribution >= 0.6 is 0 Å². The molecule has 0 amide bonds. The lowest BCUT2D eigenvalue weighted by Crippen LogP contribution is -1.99. The number of benzene rings is 2. The van der Waals surface area contributed by atoms with Crippen molar-refractivity contribution in [1.29, 1.82) is 0 Å². The van der Waals surface area contributed by atoms with Gasteiger partial charge in [-0.25, -0.2) is 4.79 Å². The molecule has 0 saturated carbocycles. The van der Waals surface area contributed by atoms with Crippen LogP contribution in [0.25, 0.3) is 0 Å². The van der Waals surface area contributed by atoms with E-state index in [-0.39, 0.29) is 23.7 Å². The zero-order chi connectivity index (χ0) is 13.8. The lowest BCUT2D eigenvalue weighted by Gasteiger charge is -2.09. The third kappa shape index (κ3) is 2.95. The van der Waals surface area contributed by atoms with E-state index in [0.717, 1.165) is 6.07 Å². The second kappa shape index (κ2) is 5.30. The summed E-state index contributed by atoms with van der Waals surface area (Å²) in [6, 6.07) is 10.5. The molecule has 0 aliphatic carbocycles. The van der Waals surface area contributed by atoms with Crippen LogP contribution in [0.5, 0.6) is 17.2 Å². The van der Waals surface area contributed by atoms with Crippen molar-refractivity contribution in [3.05, 3.63) is 53.6 Å². The van der Waals surface area contributed by atoms with E-state index in [1.54, 1.807) is 18.2 Å². The molecule has 0 aliphatic heterocycles. The van der Waals surface area contributed by atoms with E-state index in [0.29, 0.717) is 11.3 Å². The molecule has 0 heterocycles. The summed E-state index contributed by atoms with van der Waals surface area (Å²) < 4.78 is 5.35. The van der Waals surface area contributed by atoms with Gasteiger partial charge >= 0.3 is 5.97 Å². The van der Waals surface area contributed by atoms with Crippen molar-refractivity contribution >= 4 is 5.97 Å². The molecule has 0 spiro atoms. The van der Waals surface area contributed by atoms with E-state index in [9.17, 15) is 15.0 Å². The van der Waals surface area contributed by atoms with Gasteiger partial charge < -0.3 is 20.1 Å². The molecule has 0 radical (unpaired) electrons. The van der Waals surface area contributed by atoms with Gasteiger partial charge in [0.05, 0.1) is 5.56 Å². The van der Waals surface area contributed by atoms with Gasteiger partial charge in [-0.2, -0.15) is 0 Å². The Hall–Kier alpha value is -2.69. The van der Waals surface area contributed by atoms with Gasteiger partial charge in [0.2, 0.25) is 0 Å². The minimum absolute atomic E-state index is 0.00353. The normalized spacial score (nSPS) is 10.1. The van der Waals surface area contributed by atoms with Crippen molar-refractivity contribution in [2.45, 2.75) is 6.61 Å². The molecule has 0 atom stereocenters. The predicted molar refractivity (Wildman–Crippen MR) is 67.5 cm³/mol. The Morgan fingerprint density at radius 1 is 1.05 bits per heavy atom. The highest BCUT2D eigenvalue weighted by atomic mass is 16.5. The van der Waals surface area contributed by atoms with Crippen LogP contribution in [0.3, 0.4) is 0 Å². The molecular weight excluding hydrogens is 248 g/mol. The Kier molecular flexibility index (Phi) is 3.56. The maximum atomic E-state index is 10.7. The number of carbonyl (C=O) groups is 1. The van der Waals surface area contributed by atoms with Crippen molar-refractivity contribution in [1.82, 2.24) is 0 Å². The fraction of sp³-hybridized carbons (Fsp3) is 0.0714. The van der Waals surface area contributed by atoms with Crippen LogP contribution in [0.1, 0.15) is 15.9 Å².